The number of urea groups is 1. The molecule has 0 aliphatic carbocycles. The highest BCUT2D eigenvalue weighted by Crippen LogP contribution is 2.18. The number of ether oxygens (including phenoxy) is 1. The van der Waals surface area contributed by atoms with E-state index in [9.17, 15) is 4.79 Å². The quantitative estimate of drug-likeness (QED) is 0.813. The van der Waals surface area contributed by atoms with Gasteiger partial charge in [-0.05, 0) is 37.0 Å². The van der Waals surface area contributed by atoms with Crippen LogP contribution in [0.15, 0.2) is 18.2 Å². The summed E-state index contributed by atoms with van der Waals surface area (Å²) in [4.78, 5) is 11.3. The van der Waals surface area contributed by atoms with Gasteiger partial charge in [0, 0.05) is 13.1 Å². The van der Waals surface area contributed by atoms with E-state index >= 15 is 0 Å². The minimum atomic E-state index is -0.0953. The summed E-state index contributed by atoms with van der Waals surface area (Å²) in [5, 5.41) is 5.61. The van der Waals surface area contributed by atoms with Crippen LogP contribution in [-0.2, 0) is 6.42 Å². The third kappa shape index (κ3) is 4.65. The fourth-order valence-corrected chi connectivity index (χ4v) is 1.72. The number of carbonyl (C=O) groups is 1. The van der Waals surface area contributed by atoms with Crippen LogP contribution in [0.2, 0.25) is 0 Å². The average molecular weight is 250 g/mol. The van der Waals surface area contributed by atoms with Gasteiger partial charge in [0.2, 0.25) is 0 Å². The van der Waals surface area contributed by atoms with Gasteiger partial charge in [-0.2, -0.15) is 0 Å². The maximum Gasteiger partial charge on any atom is 0.314 e. The lowest BCUT2D eigenvalue weighted by Crippen LogP contribution is -2.36. The van der Waals surface area contributed by atoms with Crippen molar-refractivity contribution >= 4 is 6.03 Å². The SMILES string of the molecule is CCCNC(=O)NCCc1ccc(OC)c(C)c1. The van der Waals surface area contributed by atoms with Crippen LogP contribution in [0.5, 0.6) is 5.75 Å². The molecule has 0 atom stereocenters. The minimum Gasteiger partial charge on any atom is -0.496 e. The van der Waals surface area contributed by atoms with Gasteiger partial charge in [0.1, 0.15) is 5.75 Å². The van der Waals surface area contributed by atoms with Gasteiger partial charge >= 0.3 is 6.03 Å². The molecule has 2 N–H and O–H groups in total. The monoisotopic (exact) mass is 250 g/mol. The van der Waals surface area contributed by atoms with E-state index in [1.807, 2.05) is 26.0 Å². The minimum absolute atomic E-state index is 0.0953. The van der Waals surface area contributed by atoms with E-state index in [-0.39, 0.29) is 6.03 Å². The molecule has 0 heterocycles. The number of methoxy groups -OCH3 is 1. The number of rotatable bonds is 6. The molecular formula is C14H22N2O2. The van der Waals surface area contributed by atoms with Crippen molar-refractivity contribution in [2.75, 3.05) is 20.2 Å². The second-order valence-electron chi connectivity index (χ2n) is 4.24. The Kier molecular flexibility index (Phi) is 6.05. The van der Waals surface area contributed by atoms with Crippen molar-refractivity contribution in [3.8, 4) is 5.75 Å². The Morgan fingerprint density at radius 3 is 2.61 bits per heavy atom. The molecule has 0 saturated heterocycles. The number of aryl methyl sites for hydroxylation is 1. The number of hydrogen-bond donors (Lipinski definition) is 2. The number of hydrogen-bond acceptors (Lipinski definition) is 2. The molecule has 1 rings (SSSR count). The molecule has 100 valence electrons. The molecule has 0 aliphatic rings. The number of benzene rings is 1. The molecule has 0 radical (unpaired) electrons. The summed E-state index contributed by atoms with van der Waals surface area (Å²) in [7, 11) is 1.67. The summed E-state index contributed by atoms with van der Waals surface area (Å²) < 4.78 is 5.21. The third-order valence-electron chi connectivity index (χ3n) is 2.69. The van der Waals surface area contributed by atoms with Crippen molar-refractivity contribution in [2.45, 2.75) is 26.7 Å². The maximum absolute atomic E-state index is 11.3. The first-order valence-corrected chi connectivity index (χ1v) is 6.32. The fraction of sp³-hybridized carbons (Fsp3) is 0.500. The summed E-state index contributed by atoms with van der Waals surface area (Å²) >= 11 is 0. The van der Waals surface area contributed by atoms with Gasteiger partial charge in [0.15, 0.2) is 0 Å². The van der Waals surface area contributed by atoms with Crippen molar-refractivity contribution in [3.05, 3.63) is 29.3 Å². The van der Waals surface area contributed by atoms with Gasteiger partial charge in [-0.3, -0.25) is 0 Å². The molecule has 0 fully saturated rings. The van der Waals surface area contributed by atoms with Gasteiger partial charge in [0.25, 0.3) is 0 Å². The molecule has 4 nitrogen and oxygen atoms in total. The van der Waals surface area contributed by atoms with E-state index in [0.717, 1.165) is 24.2 Å². The van der Waals surface area contributed by atoms with Crippen molar-refractivity contribution in [1.82, 2.24) is 10.6 Å². The van der Waals surface area contributed by atoms with Crippen LogP contribution in [-0.4, -0.2) is 26.2 Å². The van der Waals surface area contributed by atoms with Crippen LogP contribution in [0.3, 0.4) is 0 Å². The van der Waals surface area contributed by atoms with Crippen LogP contribution in [0.4, 0.5) is 4.79 Å². The highest BCUT2D eigenvalue weighted by Gasteiger charge is 2.01. The molecule has 0 bridgehead atoms. The molecule has 1 aromatic carbocycles. The number of amides is 2. The van der Waals surface area contributed by atoms with E-state index in [0.29, 0.717) is 13.1 Å². The third-order valence-corrected chi connectivity index (χ3v) is 2.69. The Morgan fingerprint density at radius 1 is 1.28 bits per heavy atom. The second-order valence-corrected chi connectivity index (χ2v) is 4.24. The molecule has 18 heavy (non-hydrogen) atoms. The predicted molar refractivity (Wildman–Crippen MR) is 73.1 cm³/mol. The highest BCUT2D eigenvalue weighted by atomic mass is 16.5. The smallest absolute Gasteiger partial charge is 0.314 e. The largest absolute Gasteiger partial charge is 0.496 e. The second kappa shape index (κ2) is 7.58. The Bertz CT molecular complexity index is 391. The van der Waals surface area contributed by atoms with Crippen LogP contribution in [0, 0.1) is 6.92 Å². The molecule has 0 aromatic heterocycles. The zero-order valence-corrected chi connectivity index (χ0v) is 11.4. The summed E-state index contributed by atoms with van der Waals surface area (Å²) in [6, 6.07) is 5.98. The van der Waals surface area contributed by atoms with Crippen LogP contribution < -0.4 is 15.4 Å². The van der Waals surface area contributed by atoms with Crippen LogP contribution in [0.25, 0.3) is 0 Å². The van der Waals surface area contributed by atoms with E-state index in [4.69, 9.17) is 4.74 Å². The molecule has 0 saturated carbocycles. The van der Waals surface area contributed by atoms with Crippen molar-refractivity contribution in [3.63, 3.8) is 0 Å². The number of nitrogens with one attached hydrogen (secondary N) is 2. The summed E-state index contributed by atoms with van der Waals surface area (Å²) in [5.41, 5.74) is 2.31. The predicted octanol–water partition coefficient (Wildman–Crippen LogP) is 2.26. The van der Waals surface area contributed by atoms with Crippen molar-refractivity contribution < 1.29 is 9.53 Å². The summed E-state index contributed by atoms with van der Waals surface area (Å²) in [5.74, 6) is 0.896. The highest BCUT2D eigenvalue weighted by molar-refractivity contribution is 5.73. The lowest BCUT2D eigenvalue weighted by Gasteiger charge is -2.09. The van der Waals surface area contributed by atoms with Crippen molar-refractivity contribution in [2.24, 2.45) is 0 Å². The molecule has 0 unspecified atom stereocenters. The molecule has 1 aromatic rings. The average Bonchev–Trinajstić information content (AvgIpc) is 2.36. The van der Waals surface area contributed by atoms with Crippen LogP contribution >= 0.6 is 0 Å². The lowest BCUT2D eigenvalue weighted by atomic mass is 10.1. The van der Waals surface area contributed by atoms with E-state index < -0.39 is 0 Å². The van der Waals surface area contributed by atoms with Gasteiger partial charge < -0.3 is 15.4 Å². The molecular weight excluding hydrogens is 228 g/mol. The van der Waals surface area contributed by atoms with E-state index in [2.05, 4.69) is 16.7 Å². The van der Waals surface area contributed by atoms with Gasteiger partial charge in [-0.1, -0.05) is 19.1 Å². The maximum atomic E-state index is 11.3. The van der Waals surface area contributed by atoms with Crippen LogP contribution in [0.1, 0.15) is 24.5 Å². The Balaban J connectivity index is 2.35. The van der Waals surface area contributed by atoms with Gasteiger partial charge in [-0.15, -0.1) is 0 Å². The first kappa shape index (κ1) is 14.4. The van der Waals surface area contributed by atoms with E-state index in [1.54, 1.807) is 7.11 Å². The molecule has 0 spiro atoms. The topological polar surface area (TPSA) is 50.4 Å². The fourth-order valence-electron chi connectivity index (χ4n) is 1.72. The molecule has 4 heteroatoms. The summed E-state index contributed by atoms with van der Waals surface area (Å²) in [6.07, 6.45) is 1.77. The molecule has 2 amide bonds. The first-order chi connectivity index (χ1) is 8.67. The Morgan fingerprint density at radius 2 is 2.00 bits per heavy atom. The van der Waals surface area contributed by atoms with E-state index in [1.165, 1.54) is 5.56 Å². The zero-order valence-electron chi connectivity index (χ0n) is 11.4. The summed E-state index contributed by atoms with van der Waals surface area (Å²) in [6.45, 7) is 5.40. The Hall–Kier alpha value is -1.71. The standard InChI is InChI=1S/C14H22N2O2/c1-4-8-15-14(17)16-9-7-12-5-6-13(18-3)11(2)10-12/h5-6,10H,4,7-9H2,1-3H3,(H2,15,16,17). The Labute approximate surface area is 109 Å². The normalized spacial score (nSPS) is 9.94. The zero-order chi connectivity index (χ0) is 13.4. The van der Waals surface area contributed by atoms with Gasteiger partial charge in [-0.25, -0.2) is 4.79 Å². The van der Waals surface area contributed by atoms with Gasteiger partial charge in [0.05, 0.1) is 7.11 Å². The number of carbonyl (C=O) groups excluding carboxylic acids is 1. The first-order valence-electron chi connectivity index (χ1n) is 6.32. The molecule has 0 aliphatic heterocycles. The van der Waals surface area contributed by atoms with Crippen molar-refractivity contribution in [1.29, 1.82) is 0 Å². The lowest BCUT2D eigenvalue weighted by molar-refractivity contribution is 0.241.